The van der Waals surface area contributed by atoms with E-state index in [1.54, 1.807) is 0 Å². The highest BCUT2D eigenvalue weighted by Gasteiger charge is 2.37. The van der Waals surface area contributed by atoms with Gasteiger partial charge in [0.2, 0.25) is 0 Å². The van der Waals surface area contributed by atoms with Crippen molar-refractivity contribution >= 4 is 12.6 Å². The lowest BCUT2D eigenvalue weighted by Gasteiger charge is -2.45. The van der Waals surface area contributed by atoms with Crippen LogP contribution >= 0.6 is 12.6 Å². The Bertz CT molecular complexity index is 314. The van der Waals surface area contributed by atoms with Crippen LogP contribution < -0.4 is 16.0 Å². The van der Waals surface area contributed by atoms with Crippen molar-refractivity contribution in [1.82, 2.24) is 20.9 Å². The lowest BCUT2D eigenvalue weighted by atomic mass is 9.81. The number of nitrogens with zero attached hydrogens (tertiary/aromatic N) is 1. The molecule has 3 fully saturated rings. The third kappa shape index (κ3) is 3.33. The van der Waals surface area contributed by atoms with E-state index in [2.05, 4.69) is 40.4 Å². The van der Waals surface area contributed by atoms with E-state index < -0.39 is 0 Å². The predicted octanol–water partition coefficient (Wildman–Crippen LogP) is 1.35. The van der Waals surface area contributed by atoms with Gasteiger partial charge in [0.25, 0.3) is 0 Å². The number of nitrogens with one attached hydrogen (secondary N) is 3. The summed E-state index contributed by atoms with van der Waals surface area (Å²) in [5.41, 5.74) is 0.137. The SMILES string of the molecule is CCN1CCC[C@H]1CNC1NC(S)NC2CCCCC21. The van der Waals surface area contributed by atoms with Crippen LogP contribution in [-0.2, 0) is 0 Å². The molecule has 5 atom stereocenters. The fourth-order valence-electron chi connectivity index (χ4n) is 4.33. The molecule has 3 N–H and O–H groups in total. The molecular weight excluding hydrogens is 268 g/mol. The summed E-state index contributed by atoms with van der Waals surface area (Å²) in [5.74, 6) is 0.726. The summed E-state index contributed by atoms with van der Waals surface area (Å²) in [4.78, 5) is 2.62. The van der Waals surface area contributed by atoms with Gasteiger partial charge in [-0.05, 0) is 38.8 Å². The van der Waals surface area contributed by atoms with Crippen LogP contribution in [0.3, 0.4) is 0 Å². The third-order valence-corrected chi connectivity index (χ3v) is 5.73. The number of hydrogen-bond acceptors (Lipinski definition) is 5. The number of rotatable bonds is 4. The van der Waals surface area contributed by atoms with E-state index in [0.717, 1.165) is 18.5 Å². The molecule has 5 heteroatoms. The molecule has 2 aliphatic heterocycles. The van der Waals surface area contributed by atoms with Gasteiger partial charge in [-0.15, -0.1) is 12.6 Å². The van der Waals surface area contributed by atoms with Gasteiger partial charge >= 0.3 is 0 Å². The average molecular weight is 299 g/mol. The van der Waals surface area contributed by atoms with E-state index in [0.29, 0.717) is 12.2 Å². The first-order valence-electron chi connectivity index (χ1n) is 8.45. The first-order valence-corrected chi connectivity index (χ1v) is 8.97. The van der Waals surface area contributed by atoms with Crippen LogP contribution in [0.15, 0.2) is 0 Å². The molecule has 20 heavy (non-hydrogen) atoms. The molecule has 0 aromatic heterocycles. The molecule has 0 aromatic rings. The molecule has 1 aliphatic carbocycles. The Labute approximate surface area is 128 Å². The molecule has 4 unspecified atom stereocenters. The number of thiol groups is 1. The Morgan fingerprint density at radius 1 is 1.15 bits per heavy atom. The highest BCUT2D eigenvalue weighted by atomic mass is 32.1. The quantitative estimate of drug-likeness (QED) is 0.591. The van der Waals surface area contributed by atoms with Crippen LogP contribution in [0.25, 0.3) is 0 Å². The van der Waals surface area contributed by atoms with Crippen LogP contribution in [-0.4, -0.2) is 48.3 Å². The average Bonchev–Trinajstić information content (AvgIpc) is 2.92. The van der Waals surface area contributed by atoms with E-state index in [9.17, 15) is 0 Å². The van der Waals surface area contributed by atoms with E-state index in [-0.39, 0.29) is 5.50 Å². The third-order valence-electron chi connectivity index (χ3n) is 5.44. The molecule has 3 rings (SSSR count). The number of fused-ring (bicyclic) bond motifs is 1. The van der Waals surface area contributed by atoms with Gasteiger partial charge in [-0.25, -0.2) is 0 Å². The lowest BCUT2D eigenvalue weighted by Crippen LogP contribution is -2.67. The largest absolute Gasteiger partial charge is 0.300 e. The Balaban J connectivity index is 1.54. The van der Waals surface area contributed by atoms with Gasteiger partial charge in [0.15, 0.2) is 0 Å². The topological polar surface area (TPSA) is 39.3 Å². The number of hydrogen-bond donors (Lipinski definition) is 4. The Kier molecular flexibility index (Phi) is 5.26. The van der Waals surface area contributed by atoms with Gasteiger partial charge in [0, 0.05) is 24.5 Å². The van der Waals surface area contributed by atoms with Gasteiger partial charge in [-0.1, -0.05) is 19.8 Å². The van der Waals surface area contributed by atoms with Crippen molar-refractivity contribution in [2.75, 3.05) is 19.6 Å². The molecule has 0 radical (unpaired) electrons. The maximum absolute atomic E-state index is 4.60. The zero-order valence-corrected chi connectivity index (χ0v) is 13.5. The van der Waals surface area contributed by atoms with E-state index in [1.807, 2.05) is 0 Å². The van der Waals surface area contributed by atoms with Gasteiger partial charge in [-0.2, -0.15) is 0 Å². The second-order valence-corrected chi connectivity index (χ2v) is 7.12. The summed E-state index contributed by atoms with van der Waals surface area (Å²) in [7, 11) is 0. The minimum atomic E-state index is 0.137. The highest BCUT2D eigenvalue weighted by molar-refractivity contribution is 7.80. The molecule has 0 spiro atoms. The Hall–Kier alpha value is 0.190. The number of likely N-dealkylation sites (N-methyl/N-ethyl adjacent to an activating group) is 1. The lowest BCUT2D eigenvalue weighted by molar-refractivity contribution is 0.120. The first-order chi connectivity index (χ1) is 9.78. The molecule has 1 saturated carbocycles. The summed E-state index contributed by atoms with van der Waals surface area (Å²) in [6, 6.07) is 1.38. The molecule has 2 saturated heterocycles. The molecule has 4 nitrogen and oxygen atoms in total. The van der Waals surface area contributed by atoms with Crippen molar-refractivity contribution < 1.29 is 0 Å². The maximum Gasteiger partial charge on any atom is 0.104 e. The normalized spacial score (nSPS) is 42.6. The summed E-state index contributed by atoms with van der Waals surface area (Å²) < 4.78 is 0. The van der Waals surface area contributed by atoms with Crippen LogP contribution in [0.2, 0.25) is 0 Å². The van der Waals surface area contributed by atoms with Crippen LogP contribution in [0.4, 0.5) is 0 Å². The maximum atomic E-state index is 4.60. The molecule has 0 bridgehead atoms. The molecule has 0 amide bonds. The standard InChI is InChI=1S/C15H30N4S/c1-2-19-9-5-6-11(19)10-16-14-12-7-3-4-8-13(12)17-15(20)18-14/h11-18,20H,2-10H2,1H3/t11-,12?,13?,14?,15?/m0/s1. The smallest absolute Gasteiger partial charge is 0.104 e. The van der Waals surface area contributed by atoms with Crippen LogP contribution in [0.1, 0.15) is 45.4 Å². The minimum Gasteiger partial charge on any atom is -0.300 e. The van der Waals surface area contributed by atoms with Crippen molar-refractivity contribution in [1.29, 1.82) is 0 Å². The summed E-state index contributed by atoms with van der Waals surface area (Å²) in [6.45, 7) is 5.87. The van der Waals surface area contributed by atoms with Gasteiger partial charge in [0.1, 0.15) is 5.50 Å². The van der Waals surface area contributed by atoms with E-state index in [4.69, 9.17) is 0 Å². The molecule has 116 valence electrons. The fraction of sp³-hybridized carbons (Fsp3) is 1.00. The van der Waals surface area contributed by atoms with Crippen molar-refractivity contribution in [3.05, 3.63) is 0 Å². The Morgan fingerprint density at radius 2 is 2.00 bits per heavy atom. The zero-order valence-electron chi connectivity index (χ0n) is 12.6. The molecule has 3 aliphatic rings. The second-order valence-electron chi connectivity index (χ2n) is 6.60. The minimum absolute atomic E-state index is 0.137. The fourth-order valence-corrected chi connectivity index (χ4v) is 4.68. The summed E-state index contributed by atoms with van der Waals surface area (Å²) >= 11 is 4.60. The van der Waals surface area contributed by atoms with Crippen molar-refractivity contribution in [3.8, 4) is 0 Å². The molecule has 2 heterocycles. The predicted molar refractivity (Wildman–Crippen MR) is 86.9 cm³/mol. The Morgan fingerprint density at radius 3 is 2.85 bits per heavy atom. The van der Waals surface area contributed by atoms with Crippen LogP contribution in [0, 0.1) is 5.92 Å². The molecular formula is C15H30N4S. The number of likely N-dealkylation sites (tertiary alicyclic amines) is 1. The van der Waals surface area contributed by atoms with E-state index >= 15 is 0 Å². The van der Waals surface area contributed by atoms with Gasteiger partial charge in [0.05, 0.1) is 6.17 Å². The highest BCUT2D eigenvalue weighted by Crippen LogP contribution is 2.29. The van der Waals surface area contributed by atoms with E-state index in [1.165, 1.54) is 51.6 Å². The zero-order chi connectivity index (χ0) is 13.9. The first kappa shape index (κ1) is 15.1. The monoisotopic (exact) mass is 298 g/mol. The second kappa shape index (κ2) is 6.97. The van der Waals surface area contributed by atoms with Crippen molar-refractivity contribution in [2.24, 2.45) is 5.92 Å². The van der Waals surface area contributed by atoms with Gasteiger partial charge < -0.3 is 0 Å². The van der Waals surface area contributed by atoms with Crippen molar-refractivity contribution in [3.63, 3.8) is 0 Å². The van der Waals surface area contributed by atoms with Crippen molar-refractivity contribution in [2.45, 2.75) is 69.2 Å². The molecule has 0 aromatic carbocycles. The summed E-state index contributed by atoms with van der Waals surface area (Å²) in [5, 5.41) is 11.0. The summed E-state index contributed by atoms with van der Waals surface area (Å²) in [6.07, 6.45) is 8.55. The van der Waals surface area contributed by atoms with Gasteiger partial charge in [-0.3, -0.25) is 20.9 Å². The van der Waals surface area contributed by atoms with Crippen LogP contribution in [0.5, 0.6) is 0 Å².